The van der Waals surface area contributed by atoms with Crippen LogP contribution in [0, 0.1) is 17.8 Å². The summed E-state index contributed by atoms with van der Waals surface area (Å²) in [4.78, 5) is 0. The summed E-state index contributed by atoms with van der Waals surface area (Å²) in [6.45, 7) is 7.81. The van der Waals surface area contributed by atoms with Gasteiger partial charge in [-0.3, -0.25) is 11.3 Å². The van der Waals surface area contributed by atoms with Crippen molar-refractivity contribution in [2.75, 3.05) is 18.1 Å². The van der Waals surface area contributed by atoms with E-state index >= 15 is 0 Å². The Morgan fingerprint density at radius 1 is 1.39 bits per heavy atom. The molecule has 2 rings (SSSR count). The lowest BCUT2D eigenvalue weighted by molar-refractivity contribution is -0.0891. The van der Waals surface area contributed by atoms with Gasteiger partial charge in [0.05, 0.1) is 5.60 Å². The van der Waals surface area contributed by atoms with Gasteiger partial charge in [-0.25, -0.2) is 0 Å². The van der Waals surface area contributed by atoms with Crippen LogP contribution < -0.4 is 11.3 Å². The number of hydrogen-bond donors (Lipinski definition) is 2. The molecule has 0 bridgehead atoms. The SMILES string of the molecule is CC(C)C(C)C(NN)C1CCOC2(CCSC2)C1. The van der Waals surface area contributed by atoms with Crippen molar-refractivity contribution in [1.29, 1.82) is 0 Å². The predicted molar refractivity (Wildman–Crippen MR) is 78.5 cm³/mol. The summed E-state index contributed by atoms with van der Waals surface area (Å²) in [6.07, 6.45) is 3.56. The first kappa shape index (κ1) is 14.6. The molecular weight excluding hydrogens is 244 g/mol. The zero-order valence-electron chi connectivity index (χ0n) is 11.9. The first-order valence-corrected chi connectivity index (χ1v) is 8.41. The Labute approximate surface area is 116 Å². The molecule has 2 aliphatic rings. The van der Waals surface area contributed by atoms with E-state index in [9.17, 15) is 0 Å². The third-order valence-electron chi connectivity index (χ3n) is 4.92. The van der Waals surface area contributed by atoms with Crippen LogP contribution in [0.15, 0.2) is 0 Å². The van der Waals surface area contributed by atoms with Gasteiger partial charge in [0.1, 0.15) is 0 Å². The summed E-state index contributed by atoms with van der Waals surface area (Å²) in [5.41, 5.74) is 3.26. The van der Waals surface area contributed by atoms with Crippen molar-refractivity contribution >= 4 is 11.8 Å². The Balaban J connectivity index is 2.02. The van der Waals surface area contributed by atoms with Crippen LogP contribution >= 0.6 is 11.8 Å². The first-order chi connectivity index (χ1) is 8.58. The third kappa shape index (κ3) is 3.03. The van der Waals surface area contributed by atoms with Crippen LogP contribution in [0.5, 0.6) is 0 Å². The normalized spacial score (nSPS) is 36.2. The molecule has 1 spiro atoms. The molecule has 18 heavy (non-hydrogen) atoms. The van der Waals surface area contributed by atoms with Crippen molar-refractivity contribution in [1.82, 2.24) is 5.43 Å². The molecule has 2 fully saturated rings. The van der Waals surface area contributed by atoms with Crippen molar-refractivity contribution in [3.63, 3.8) is 0 Å². The Kier molecular flexibility index (Phi) is 4.98. The Morgan fingerprint density at radius 3 is 2.72 bits per heavy atom. The smallest absolute Gasteiger partial charge is 0.0783 e. The molecule has 0 saturated carbocycles. The van der Waals surface area contributed by atoms with Gasteiger partial charge < -0.3 is 4.74 Å². The van der Waals surface area contributed by atoms with Crippen LogP contribution in [-0.4, -0.2) is 29.8 Å². The van der Waals surface area contributed by atoms with Gasteiger partial charge >= 0.3 is 0 Å². The van der Waals surface area contributed by atoms with Crippen LogP contribution in [0.25, 0.3) is 0 Å². The van der Waals surface area contributed by atoms with E-state index in [0.29, 0.717) is 23.8 Å². The number of nitrogens with two attached hydrogens (primary N) is 1. The number of hydrazine groups is 1. The zero-order chi connectivity index (χ0) is 13.2. The Hall–Kier alpha value is 0.230. The van der Waals surface area contributed by atoms with Crippen molar-refractivity contribution < 1.29 is 4.74 Å². The molecule has 2 aliphatic heterocycles. The summed E-state index contributed by atoms with van der Waals surface area (Å²) >= 11 is 2.04. The second kappa shape index (κ2) is 6.12. The van der Waals surface area contributed by atoms with Crippen LogP contribution in [0.3, 0.4) is 0 Å². The average Bonchev–Trinajstić information content (AvgIpc) is 2.78. The molecule has 4 heteroatoms. The monoisotopic (exact) mass is 272 g/mol. The zero-order valence-corrected chi connectivity index (χ0v) is 12.8. The average molecular weight is 272 g/mol. The lowest BCUT2D eigenvalue weighted by atomic mass is 9.75. The molecule has 2 heterocycles. The van der Waals surface area contributed by atoms with Crippen LogP contribution in [0.2, 0.25) is 0 Å². The fourth-order valence-electron chi connectivity index (χ4n) is 3.37. The molecule has 0 amide bonds. The second-order valence-electron chi connectivity index (χ2n) is 6.38. The number of hydrogen-bond acceptors (Lipinski definition) is 4. The lowest BCUT2D eigenvalue weighted by Crippen LogP contribution is -2.52. The predicted octanol–water partition coefficient (Wildman–Crippen LogP) is 2.41. The van der Waals surface area contributed by atoms with Crippen LogP contribution in [0.1, 0.15) is 40.0 Å². The number of nitrogens with one attached hydrogen (secondary N) is 1. The Bertz CT molecular complexity index is 267. The van der Waals surface area contributed by atoms with Crippen LogP contribution in [-0.2, 0) is 4.74 Å². The van der Waals surface area contributed by atoms with Gasteiger partial charge in [-0.05, 0) is 42.8 Å². The first-order valence-electron chi connectivity index (χ1n) is 7.26. The number of rotatable bonds is 4. The van der Waals surface area contributed by atoms with E-state index in [1.807, 2.05) is 11.8 Å². The standard InChI is InChI=1S/C14H28N2OS/c1-10(2)11(3)13(16-15)12-4-6-17-14(8-12)5-7-18-9-14/h10-13,16H,4-9,15H2,1-3H3. The second-order valence-corrected chi connectivity index (χ2v) is 7.49. The minimum Gasteiger partial charge on any atom is -0.374 e. The summed E-state index contributed by atoms with van der Waals surface area (Å²) in [5, 5.41) is 0. The molecular formula is C14H28N2OS. The molecule has 106 valence electrons. The maximum absolute atomic E-state index is 6.10. The molecule has 3 nitrogen and oxygen atoms in total. The molecule has 0 aliphatic carbocycles. The molecule has 2 saturated heterocycles. The highest BCUT2D eigenvalue weighted by molar-refractivity contribution is 7.99. The van der Waals surface area contributed by atoms with E-state index < -0.39 is 0 Å². The fraction of sp³-hybridized carbons (Fsp3) is 1.00. The van der Waals surface area contributed by atoms with Gasteiger partial charge in [0, 0.05) is 18.4 Å². The highest BCUT2D eigenvalue weighted by atomic mass is 32.2. The third-order valence-corrected chi connectivity index (χ3v) is 6.14. The Morgan fingerprint density at radius 2 is 2.17 bits per heavy atom. The molecule has 3 N–H and O–H groups in total. The summed E-state index contributed by atoms with van der Waals surface area (Å²) < 4.78 is 6.10. The van der Waals surface area contributed by atoms with Crippen molar-refractivity contribution in [2.45, 2.75) is 51.7 Å². The molecule has 4 unspecified atom stereocenters. The van der Waals surface area contributed by atoms with Crippen molar-refractivity contribution in [3.8, 4) is 0 Å². The van der Waals surface area contributed by atoms with Gasteiger partial charge in [-0.1, -0.05) is 20.8 Å². The number of ether oxygens (including phenoxy) is 1. The minimum atomic E-state index is 0.166. The number of thioether (sulfide) groups is 1. The van der Waals surface area contributed by atoms with Crippen LogP contribution in [0.4, 0.5) is 0 Å². The highest BCUT2D eigenvalue weighted by Crippen LogP contribution is 2.42. The molecule has 4 atom stereocenters. The van der Waals surface area contributed by atoms with Gasteiger partial charge in [0.25, 0.3) is 0 Å². The minimum absolute atomic E-state index is 0.166. The summed E-state index contributed by atoms with van der Waals surface area (Å²) in [7, 11) is 0. The van der Waals surface area contributed by atoms with Crippen molar-refractivity contribution in [3.05, 3.63) is 0 Å². The van der Waals surface area contributed by atoms with Gasteiger partial charge in [0.15, 0.2) is 0 Å². The maximum atomic E-state index is 6.10. The summed E-state index contributed by atoms with van der Waals surface area (Å²) in [5.74, 6) is 10.2. The molecule has 0 aromatic rings. The lowest BCUT2D eigenvalue weighted by Gasteiger charge is -2.43. The van der Waals surface area contributed by atoms with Gasteiger partial charge in [-0.2, -0.15) is 11.8 Å². The van der Waals surface area contributed by atoms with Crippen molar-refractivity contribution in [2.24, 2.45) is 23.6 Å². The van der Waals surface area contributed by atoms with E-state index in [0.717, 1.165) is 13.0 Å². The van der Waals surface area contributed by atoms with E-state index in [1.54, 1.807) is 0 Å². The summed E-state index contributed by atoms with van der Waals surface area (Å²) in [6, 6.07) is 0.427. The molecule has 0 aromatic carbocycles. The highest BCUT2D eigenvalue weighted by Gasteiger charge is 2.43. The van der Waals surface area contributed by atoms with E-state index in [2.05, 4.69) is 26.2 Å². The quantitative estimate of drug-likeness (QED) is 0.609. The van der Waals surface area contributed by atoms with E-state index in [-0.39, 0.29) is 5.60 Å². The van der Waals surface area contributed by atoms with Gasteiger partial charge in [0.2, 0.25) is 0 Å². The maximum Gasteiger partial charge on any atom is 0.0783 e. The molecule has 0 radical (unpaired) electrons. The topological polar surface area (TPSA) is 47.3 Å². The fourth-order valence-corrected chi connectivity index (χ4v) is 4.75. The molecule has 0 aromatic heterocycles. The van der Waals surface area contributed by atoms with E-state index in [4.69, 9.17) is 10.6 Å². The van der Waals surface area contributed by atoms with Gasteiger partial charge in [-0.15, -0.1) is 0 Å². The van der Waals surface area contributed by atoms with E-state index in [1.165, 1.54) is 24.3 Å². The largest absolute Gasteiger partial charge is 0.374 e.